The standard InChI is InChI=1S/C22H36N4O2S.HI/c1-3-23-22(24-18-21-11-15-26(16-12-21)29(2,27)28)25-13-9-20(10-14-25)17-19-7-5-4-6-8-19;/h4-8,20-21H,3,9-18H2,1-2H3,(H,23,24);1H. The lowest BCUT2D eigenvalue weighted by Gasteiger charge is -2.35. The molecule has 1 aromatic carbocycles. The molecule has 0 bridgehead atoms. The van der Waals surface area contributed by atoms with Gasteiger partial charge in [-0.1, -0.05) is 30.3 Å². The number of hydrogen-bond acceptors (Lipinski definition) is 3. The Hall–Kier alpha value is -0.870. The second kappa shape index (κ2) is 12.2. The lowest BCUT2D eigenvalue weighted by atomic mass is 9.90. The fourth-order valence-corrected chi connectivity index (χ4v) is 5.24. The summed E-state index contributed by atoms with van der Waals surface area (Å²) >= 11 is 0. The molecule has 2 aliphatic heterocycles. The third-order valence-electron chi connectivity index (χ3n) is 6.16. The summed E-state index contributed by atoms with van der Waals surface area (Å²) in [5.41, 5.74) is 1.44. The van der Waals surface area contributed by atoms with Crippen molar-refractivity contribution in [2.75, 3.05) is 45.5 Å². The third kappa shape index (κ3) is 7.67. The van der Waals surface area contributed by atoms with Crippen molar-refractivity contribution < 1.29 is 8.42 Å². The Labute approximate surface area is 199 Å². The number of nitrogens with one attached hydrogen (secondary N) is 1. The van der Waals surface area contributed by atoms with E-state index in [1.807, 2.05) is 0 Å². The highest BCUT2D eigenvalue weighted by Crippen LogP contribution is 2.23. The zero-order valence-corrected chi connectivity index (χ0v) is 21.4. The van der Waals surface area contributed by atoms with Gasteiger partial charge in [-0.25, -0.2) is 12.7 Å². The molecule has 30 heavy (non-hydrogen) atoms. The predicted octanol–water partition coefficient (Wildman–Crippen LogP) is 3.20. The SMILES string of the molecule is CCNC(=NCC1CCN(S(C)(=O)=O)CC1)N1CCC(Cc2ccccc2)CC1.I. The Kier molecular flexibility index (Phi) is 10.4. The van der Waals surface area contributed by atoms with E-state index in [1.54, 1.807) is 4.31 Å². The molecule has 2 fully saturated rings. The zero-order valence-electron chi connectivity index (χ0n) is 18.3. The number of benzene rings is 1. The molecular formula is C22H37IN4O2S. The molecule has 0 saturated carbocycles. The molecule has 170 valence electrons. The van der Waals surface area contributed by atoms with E-state index in [4.69, 9.17) is 4.99 Å². The lowest BCUT2D eigenvalue weighted by Crippen LogP contribution is -2.46. The Balaban J connectivity index is 0.00000320. The summed E-state index contributed by atoms with van der Waals surface area (Å²) in [5, 5.41) is 3.46. The summed E-state index contributed by atoms with van der Waals surface area (Å²) in [6.07, 6.45) is 6.67. The summed E-state index contributed by atoms with van der Waals surface area (Å²) in [6, 6.07) is 10.8. The van der Waals surface area contributed by atoms with Crippen LogP contribution < -0.4 is 5.32 Å². The topological polar surface area (TPSA) is 65.0 Å². The maximum atomic E-state index is 11.7. The molecule has 0 radical (unpaired) electrons. The molecule has 2 aliphatic rings. The van der Waals surface area contributed by atoms with Gasteiger partial charge >= 0.3 is 0 Å². The van der Waals surface area contributed by atoms with Crippen LogP contribution in [-0.2, 0) is 16.4 Å². The summed E-state index contributed by atoms with van der Waals surface area (Å²) in [6.45, 7) is 7.12. The fraction of sp³-hybridized carbons (Fsp3) is 0.682. The van der Waals surface area contributed by atoms with Crippen molar-refractivity contribution in [3.05, 3.63) is 35.9 Å². The van der Waals surface area contributed by atoms with E-state index in [0.717, 1.165) is 50.9 Å². The Morgan fingerprint density at radius 1 is 1.03 bits per heavy atom. The van der Waals surface area contributed by atoms with Crippen molar-refractivity contribution in [2.45, 2.75) is 39.0 Å². The first kappa shape index (κ1) is 25.4. The van der Waals surface area contributed by atoms with Crippen LogP contribution in [0, 0.1) is 11.8 Å². The molecule has 8 heteroatoms. The second-order valence-corrected chi connectivity index (χ2v) is 10.4. The van der Waals surface area contributed by atoms with E-state index in [-0.39, 0.29) is 24.0 Å². The van der Waals surface area contributed by atoms with Gasteiger partial charge in [0.1, 0.15) is 0 Å². The van der Waals surface area contributed by atoms with Gasteiger partial charge in [-0.15, -0.1) is 24.0 Å². The predicted molar refractivity (Wildman–Crippen MR) is 135 cm³/mol. The average molecular weight is 549 g/mol. The van der Waals surface area contributed by atoms with E-state index >= 15 is 0 Å². The van der Waals surface area contributed by atoms with Crippen molar-refractivity contribution in [1.29, 1.82) is 0 Å². The van der Waals surface area contributed by atoms with Crippen LogP contribution in [0.4, 0.5) is 0 Å². The molecule has 0 aliphatic carbocycles. The number of rotatable bonds is 6. The van der Waals surface area contributed by atoms with Gasteiger partial charge in [-0.05, 0) is 56.4 Å². The van der Waals surface area contributed by atoms with E-state index in [2.05, 4.69) is 47.5 Å². The van der Waals surface area contributed by atoms with Gasteiger partial charge in [0.15, 0.2) is 5.96 Å². The van der Waals surface area contributed by atoms with Gasteiger partial charge in [0.05, 0.1) is 6.26 Å². The summed E-state index contributed by atoms with van der Waals surface area (Å²) in [4.78, 5) is 7.32. The molecular weight excluding hydrogens is 511 g/mol. The number of sulfonamides is 1. The summed E-state index contributed by atoms with van der Waals surface area (Å²) < 4.78 is 24.9. The summed E-state index contributed by atoms with van der Waals surface area (Å²) in [7, 11) is -3.06. The molecule has 6 nitrogen and oxygen atoms in total. The number of halogens is 1. The monoisotopic (exact) mass is 548 g/mol. The first-order valence-corrected chi connectivity index (χ1v) is 12.8. The van der Waals surface area contributed by atoms with E-state index in [9.17, 15) is 8.42 Å². The molecule has 0 aromatic heterocycles. The minimum atomic E-state index is -3.06. The van der Waals surface area contributed by atoms with E-state index in [0.29, 0.717) is 19.0 Å². The maximum absolute atomic E-state index is 11.7. The highest BCUT2D eigenvalue weighted by Gasteiger charge is 2.26. The quantitative estimate of drug-likeness (QED) is 0.337. The minimum Gasteiger partial charge on any atom is -0.357 e. The minimum absolute atomic E-state index is 0. The van der Waals surface area contributed by atoms with Crippen molar-refractivity contribution >= 4 is 40.0 Å². The first-order valence-electron chi connectivity index (χ1n) is 11.0. The number of likely N-dealkylation sites (tertiary alicyclic amines) is 1. The van der Waals surface area contributed by atoms with E-state index in [1.165, 1.54) is 31.1 Å². The van der Waals surface area contributed by atoms with Crippen LogP contribution in [0.25, 0.3) is 0 Å². The molecule has 2 heterocycles. The number of hydrogen-bond donors (Lipinski definition) is 1. The van der Waals surface area contributed by atoms with Crippen molar-refractivity contribution in [1.82, 2.24) is 14.5 Å². The fourth-order valence-electron chi connectivity index (χ4n) is 4.36. The van der Waals surface area contributed by atoms with Gasteiger partial charge in [-0.3, -0.25) is 4.99 Å². The lowest BCUT2D eigenvalue weighted by molar-refractivity contribution is 0.255. The van der Waals surface area contributed by atoms with Gasteiger partial charge in [-0.2, -0.15) is 0 Å². The van der Waals surface area contributed by atoms with Gasteiger partial charge in [0.25, 0.3) is 0 Å². The van der Waals surface area contributed by atoms with Crippen LogP contribution in [-0.4, -0.2) is 69.1 Å². The molecule has 2 saturated heterocycles. The number of aliphatic imine (C=N–C) groups is 1. The van der Waals surface area contributed by atoms with Gasteiger partial charge in [0.2, 0.25) is 10.0 Å². The number of nitrogens with zero attached hydrogens (tertiary/aromatic N) is 3. The Bertz CT molecular complexity index is 757. The highest BCUT2D eigenvalue weighted by atomic mass is 127. The number of guanidine groups is 1. The second-order valence-electron chi connectivity index (χ2n) is 8.42. The van der Waals surface area contributed by atoms with E-state index < -0.39 is 10.0 Å². The smallest absolute Gasteiger partial charge is 0.211 e. The molecule has 0 amide bonds. The van der Waals surface area contributed by atoms with Crippen LogP contribution in [0.3, 0.4) is 0 Å². The molecule has 3 rings (SSSR count). The maximum Gasteiger partial charge on any atom is 0.211 e. The van der Waals surface area contributed by atoms with Gasteiger partial charge < -0.3 is 10.2 Å². The molecule has 1 aromatic rings. The first-order chi connectivity index (χ1) is 14.0. The molecule has 1 N–H and O–H groups in total. The normalized spacial score (nSPS) is 20.1. The highest BCUT2D eigenvalue weighted by molar-refractivity contribution is 14.0. The molecule has 0 spiro atoms. The van der Waals surface area contributed by atoms with Crippen molar-refractivity contribution in [3.63, 3.8) is 0 Å². The molecule has 0 unspecified atom stereocenters. The van der Waals surface area contributed by atoms with Crippen molar-refractivity contribution in [2.24, 2.45) is 16.8 Å². The zero-order chi connectivity index (χ0) is 20.7. The van der Waals surface area contributed by atoms with Crippen LogP contribution in [0.1, 0.15) is 38.2 Å². The summed E-state index contributed by atoms with van der Waals surface area (Å²) in [5.74, 6) is 2.24. The van der Waals surface area contributed by atoms with Crippen LogP contribution >= 0.6 is 24.0 Å². The number of piperidine rings is 2. The van der Waals surface area contributed by atoms with Crippen LogP contribution in [0.5, 0.6) is 0 Å². The largest absolute Gasteiger partial charge is 0.357 e. The third-order valence-corrected chi connectivity index (χ3v) is 7.46. The van der Waals surface area contributed by atoms with Crippen molar-refractivity contribution in [3.8, 4) is 0 Å². The Morgan fingerprint density at radius 3 is 2.20 bits per heavy atom. The average Bonchev–Trinajstić information content (AvgIpc) is 2.72. The van der Waals surface area contributed by atoms with Crippen LogP contribution in [0.15, 0.2) is 35.3 Å². The molecule has 0 atom stereocenters. The van der Waals surface area contributed by atoms with Gasteiger partial charge in [0, 0.05) is 39.3 Å². The Morgan fingerprint density at radius 2 is 1.63 bits per heavy atom. The van der Waals surface area contributed by atoms with Crippen LogP contribution in [0.2, 0.25) is 0 Å².